The number of carbonyl (C=O) groups excluding carboxylic acids is 2. The number of fused-ring (bicyclic) bond motifs is 1. The molecule has 0 atom stereocenters. The van der Waals surface area contributed by atoms with Gasteiger partial charge in [-0.3, -0.25) is 9.59 Å². The minimum atomic E-state index is -0.450. The molecule has 0 bridgehead atoms. The molecule has 3 rings (SSSR count). The molecule has 8 heteroatoms. The number of carbonyl (C=O) groups is 2. The number of amides is 2. The maximum Gasteiger partial charge on any atom is 0.259 e. The van der Waals surface area contributed by atoms with Gasteiger partial charge < -0.3 is 19.5 Å². The van der Waals surface area contributed by atoms with Crippen LogP contribution in [0.4, 0.5) is 0 Å². The summed E-state index contributed by atoms with van der Waals surface area (Å²) < 4.78 is 15.9. The van der Waals surface area contributed by atoms with Crippen LogP contribution in [0.5, 0.6) is 17.2 Å². The zero-order chi connectivity index (χ0) is 19.1. The van der Waals surface area contributed by atoms with Crippen LogP contribution < -0.4 is 25.0 Å². The second kappa shape index (κ2) is 8.70. The molecule has 0 radical (unpaired) electrons. The first-order valence-corrected chi connectivity index (χ1v) is 8.39. The van der Waals surface area contributed by atoms with Crippen molar-refractivity contribution in [2.24, 2.45) is 5.10 Å². The van der Waals surface area contributed by atoms with E-state index in [9.17, 15) is 9.59 Å². The number of hydrogen-bond acceptors (Lipinski definition) is 6. The van der Waals surface area contributed by atoms with Crippen molar-refractivity contribution in [1.29, 1.82) is 0 Å². The Bertz CT molecular complexity index is 866. The number of benzene rings is 2. The molecule has 2 amide bonds. The van der Waals surface area contributed by atoms with Gasteiger partial charge in [0.15, 0.2) is 11.5 Å². The van der Waals surface area contributed by atoms with E-state index < -0.39 is 11.8 Å². The average Bonchev–Trinajstić information content (AvgIpc) is 3.15. The van der Waals surface area contributed by atoms with E-state index in [1.54, 1.807) is 18.2 Å². The predicted octanol–water partition coefficient (Wildman–Crippen LogP) is 1.69. The van der Waals surface area contributed by atoms with Crippen LogP contribution in [-0.4, -0.2) is 38.0 Å². The van der Waals surface area contributed by atoms with Gasteiger partial charge in [-0.1, -0.05) is 12.1 Å². The second-order valence-corrected chi connectivity index (χ2v) is 5.51. The molecule has 2 aromatic carbocycles. The van der Waals surface area contributed by atoms with Gasteiger partial charge in [-0.2, -0.15) is 5.10 Å². The van der Waals surface area contributed by atoms with Gasteiger partial charge in [0.05, 0.1) is 19.4 Å². The Morgan fingerprint density at radius 2 is 2.00 bits per heavy atom. The van der Waals surface area contributed by atoms with Crippen molar-refractivity contribution in [3.05, 3.63) is 53.6 Å². The Hall–Kier alpha value is -3.55. The SMILES string of the molecule is CCOc1ccccc1/C=N\NC(=O)CNC(=O)c1ccc2c(c1)OCO2. The van der Waals surface area contributed by atoms with E-state index in [1.165, 1.54) is 6.21 Å². The number of hydrogen-bond donors (Lipinski definition) is 2. The van der Waals surface area contributed by atoms with Gasteiger partial charge in [0, 0.05) is 11.1 Å². The smallest absolute Gasteiger partial charge is 0.259 e. The third-order valence-corrected chi connectivity index (χ3v) is 3.66. The van der Waals surface area contributed by atoms with E-state index in [0.717, 1.165) is 5.56 Å². The Kier molecular flexibility index (Phi) is 5.88. The molecule has 1 heterocycles. The lowest BCUT2D eigenvalue weighted by Gasteiger charge is -2.06. The molecule has 0 saturated heterocycles. The maximum atomic E-state index is 12.1. The van der Waals surface area contributed by atoms with Gasteiger partial charge in [-0.15, -0.1) is 0 Å². The number of nitrogens with one attached hydrogen (secondary N) is 2. The minimum absolute atomic E-state index is 0.132. The first-order valence-electron chi connectivity index (χ1n) is 8.39. The molecule has 27 heavy (non-hydrogen) atoms. The van der Waals surface area contributed by atoms with Crippen LogP contribution in [-0.2, 0) is 4.79 Å². The van der Waals surface area contributed by atoms with Crippen LogP contribution in [0.3, 0.4) is 0 Å². The molecule has 0 aromatic heterocycles. The standard InChI is InChI=1S/C19H19N3O5/c1-2-25-15-6-4-3-5-14(15)10-21-22-18(23)11-20-19(24)13-7-8-16-17(9-13)27-12-26-16/h3-10H,2,11-12H2,1H3,(H,20,24)(H,22,23)/b21-10-. The molecule has 1 aliphatic rings. The largest absolute Gasteiger partial charge is 0.493 e. The van der Waals surface area contributed by atoms with Crippen LogP contribution >= 0.6 is 0 Å². The third-order valence-electron chi connectivity index (χ3n) is 3.66. The predicted molar refractivity (Wildman–Crippen MR) is 98.2 cm³/mol. The summed E-state index contributed by atoms with van der Waals surface area (Å²) in [6, 6.07) is 12.2. The number of rotatable bonds is 7. The van der Waals surface area contributed by atoms with Crippen molar-refractivity contribution in [1.82, 2.24) is 10.7 Å². The summed E-state index contributed by atoms with van der Waals surface area (Å²) in [5, 5.41) is 6.41. The van der Waals surface area contributed by atoms with Crippen LogP contribution in [0.1, 0.15) is 22.8 Å². The molecule has 0 aliphatic carbocycles. The molecular weight excluding hydrogens is 350 g/mol. The van der Waals surface area contributed by atoms with Gasteiger partial charge >= 0.3 is 0 Å². The summed E-state index contributed by atoms with van der Waals surface area (Å²) in [5.41, 5.74) is 3.48. The molecule has 0 saturated carbocycles. The Balaban J connectivity index is 1.49. The number of ether oxygens (including phenoxy) is 3. The molecule has 8 nitrogen and oxygen atoms in total. The zero-order valence-corrected chi connectivity index (χ0v) is 14.7. The number of nitrogens with zero attached hydrogens (tertiary/aromatic N) is 1. The second-order valence-electron chi connectivity index (χ2n) is 5.51. The Morgan fingerprint density at radius 3 is 2.85 bits per heavy atom. The molecular formula is C19H19N3O5. The molecule has 2 aromatic rings. The fourth-order valence-corrected chi connectivity index (χ4v) is 2.39. The first-order chi connectivity index (χ1) is 13.2. The normalized spacial score (nSPS) is 12.0. The molecule has 0 fully saturated rings. The van der Waals surface area contributed by atoms with Crippen molar-refractivity contribution in [2.75, 3.05) is 19.9 Å². The summed E-state index contributed by atoms with van der Waals surface area (Å²) >= 11 is 0. The van der Waals surface area contributed by atoms with Gasteiger partial charge in [-0.25, -0.2) is 5.43 Å². The lowest BCUT2D eigenvalue weighted by Crippen LogP contribution is -2.34. The van der Waals surface area contributed by atoms with Gasteiger partial charge in [-0.05, 0) is 37.3 Å². The quantitative estimate of drug-likeness (QED) is 0.572. The zero-order valence-electron chi connectivity index (χ0n) is 14.7. The van der Waals surface area contributed by atoms with Crippen LogP contribution in [0.15, 0.2) is 47.6 Å². The highest BCUT2D eigenvalue weighted by atomic mass is 16.7. The van der Waals surface area contributed by atoms with Gasteiger partial charge in [0.2, 0.25) is 6.79 Å². The van der Waals surface area contributed by atoms with Crippen LogP contribution in [0.2, 0.25) is 0 Å². The van der Waals surface area contributed by atoms with E-state index in [-0.39, 0.29) is 13.3 Å². The first kappa shape index (κ1) is 18.2. The van der Waals surface area contributed by atoms with E-state index in [1.807, 2.05) is 31.2 Å². The van der Waals surface area contributed by atoms with Crippen molar-refractivity contribution >= 4 is 18.0 Å². The fraction of sp³-hybridized carbons (Fsp3) is 0.211. The van der Waals surface area contributed by atoms with Crippen LogP contribution in [0, 0.1) is 0 Å². The maximum absolute atomic E-state index is 12.1. The molecule has 140 valence electrons. The fourth-order valence-electron chi connectivity index (χ4n) is 2.39. The monoisotopic (exact) mass is 369 g/mol. The lowest BCUT2D eigenvalue weighted by molar-refractivity contribution is -0.120. The topological polar surface area (TPSA) is 98.2 Å². The van der Waals surface area contributed by atoms with Gasteiger partial charge in [0.1, 0.15) is 5.75 Å². The minimum Gasteiger partial charge on any atom is -0.493 e. The van der Waals surface area contributed by atoms with Crippen molar-refractivity contribution < 1.29 is 23.8 Å². The lowest BCUT2D eigenvalue weighted by atomic mass is 10.2. The summed E-state index contributed by atoms with van der Waals surface area (Å²) in [6.07, 6.45) is 1.49. The summed E-state index contributed by atoms with van der Waals surface area (Å²) in [5.74, 6) is 0.924. The Morgan fingerprint density at radius 1 is 1.19 bits per heavy atom. The molecule has 1 aliphatic heterocycles. The van der Waals surface area contributed by atoms with Gasteiger partial charge in [0.25, 0.3) is 11.8 Å². The van der Waals surface area contributed by atoms with Crippen molar-refractivity contribution in [3.8, 4) is 17.2 Å². The average molecular weight is 369 g/mol. The highest BCUT2D eigenvalue weighted by Crippen LogP contribution is 2.32. The molecule has 0 spiro atoms. The molecule has 2 N–H and O–H groups in total. The van der Waals surface area contributed by atoms with Crippen molar-refractivity contribution in [2.45, 2.75) is 6.92 Å². The highest BCUT2D eigenvalue weighted by Gasteiger charge is 2.16. The van der Waals surface area contributed by atoms with E-state index in [0.29, 0.717) is 29.4 Å². The highest BCUT2D eigenvalue weighted by molar-refractivity contribution is 5.97. The van der Waals surface area contributed by atoms with Crippen molar-refractivity contribution in [3.63, 3.8) is 0 Å². The number of para-hydroxylation sites is 1. The molecule has 0 unspecified atom stereocenters. The van der Waals surface area contributed by atoms with E-state index in [2.05, 4.69) is 15.8 Å². The van der Waals surface area contributed by atoms with E-state index in [4.69, 9.17) is 14.2 Å². The summed E-state index contributed by atoms with van der Waals surface area (Å²) in [6.45, 7) is 2.34. The number of hydrazone groups is 1. The summed E-state index contributed by atoms with van der Waals surface area (Å²) in [7, 11) is 0. The summed E-state index contributed by atoms with van der Waals surface area (Å²) in [4.78, 5) is 24.0. The third kappa shape index (κ3) is 4.75. The Labute approximate surface area is 156 Å². The van der Waals surface area contributed by atoms with E-state index >= 15 is 0 Å². The van der Waals surface area contributed by atoms with Crippen LogP contribution in [0.25, 0.3) is 0 Å².